The molecule has 0 atom stereocenters. The Balaban J connectivity index is 2.82. The van der Waals surface area contributed by atoms with Gasteiger partial charge in [0.25, 0.3) is 0 Å². The van der Waals surface area contributed by atoms with Gasteiger partial charge < -0.3 is 14.9 Å². The molecule has 0 fully saturated rings. The van der Waals surface area contributed by atoms with Gasteiger partial charge in [-0.3, -0.25) is 0 Å². The Morgan fingerprint density at radius 2 is 2.25 bits per heavy atom. The molecule has 0 heterocycles. The number of aliphatic hydroxyl groups is 2. The minimum atomic E-state index is -0.182. The Labute approximate surface area is 52.9 Å². The molecule has 0 aromatic heterocycles. The van der Waals surface area contributed by atoms with Crippen LogP contribution in [0.15, 0.2) is 0 Å². The molecule has 0 aromatic rings. The van der Waals surface area contributed by atoms with Gasteiger partial charge in [-0.25, -0.2) is 0 Å². The molecule has 0 unspecified atom stereocenters. The van der Waals surface area contributed by atoms with Crippen LogP contribution in [0.25, 0.3) is 0 Å². The molecule has 2 N–H and O–H groups in total. The van der Waals surface area contributed by atoms with Crippen LogP contribution in [0.2, 0.25) is 0 Å². The monoisotopic (exact) mass is 136 g/mol. The maximum absolute atomic E-state index is 8.30. The first kappa shape index (κ1) is 7.81. The molecule has 0 aliphatic heterocycles. The van der Waals surface area contributed by atoms with E-state index in [4.69, 9.17) is 10.2 Å². The molecule has 0 radical (unpaired) electrons. The summed E-state index contributed by atoms with van der Waals surface area (Å²) in [4.78, 5) is 0. The first-order chi connectivity index (χ1) is 3.77. The van der Waals surface area contributed by atoms with Crippen LogP contribution in [0, 0.1) is 0 Å². The van der Waals surface area contributed by atoms with E-state index in [0.717, 1.165) is 0 Å². The summed E-state index contributed by atoms with van der Waals surface area (Å²) >= 11 is 4.26. The van der Waals surface area contributed by atoms with Crippen molar-refractivity contribution in [3.63, 3.8) is 0 Å². The normalized spacial score (nSPS) is 9.12. The SMILES string of the molecule is OCCOCC(O)=S. The number of hydrogen-bond acceptors (Lipinski definition) is 3. The van der Waals surface area contributed by atoms with E-state index in [2.05, 4.69) is 17.0 Å². The smallest absolute Gasteiger partial charge is 0.183 e. The second kappa shape index (κ2) is 4.96. The molecule has 0 aromatic carbocycles. The van der Waals surface area contributed by atoms with Gasteiger partial charge in [-0.2, -0.15) is 0 Å². The molecule has 3 nitrogen and oxygen atoms in total. The first-order valence-electron chi connectivity index (χ1n) is 2.17. The maximum atomic E-state index is 8.30. The highest BCUT2D eigenvalue weighted by atomic mass is 32.1. The second-order valence-electron chi connectivity index (χ2n) is 1.17. The van der Waals surface area contributed by atoms with Gasteiger partial charge in [-0.15, -0.1) is 0 Å². The summed E-state index contributed by atoms with van der Waals surface area (Å²) in [6.45, 7) is 0.221. The lowest BCUT2D eigenvalue weighted by molar-refractivity contribution is 0.113. The summed E-state index contributed by atoms with van der Waals surface area (Å²) in [5, 5.41) is 16.3. The number of rotatable bonds is 4. The third-order valence-electron chi connectivity index (χ3n) is 0.461. The van der Waals surface area contributed by atoms with E-state index in [0.29, 0.717) is 0 Å². The van der Waals surface area contributed by atoms with Gasteiger partial charge >= 0.3 is 0 Å². The molecular formula is C4H8O3S. The van der Waals surface area contributed by atoms with Crippen molar-refractivity contribution in [2.75, 3.05) is 19.8 Å². The van der Waals surface area contributed by atoms with Gasteiger partial charge in [-0.1, -0.05) is 0 Å². The van der Waals surface area contributed by atoms with Crippen LogP contribution < -0.4 is 0 Å². The second-order valence-corrected chi connectivity index (χ2v) is 1.64. The minimum absolute atomic E-state index is 0.0376. The lowest BCUT2D eigenvalue weighted by atomic mass is 10.7. The van der Waals surface area contributed by atoms with Crippen LogP contribution in [0.3, 0.4) is 0 Å². The third-order valence-corrected chi connectivity index (χ3v) is 0.579. The molecule has 0 aliphatic carbocycles. The quantitative estimate of drug-likeness (QED) is 0.418. The first-order valence-corrected chi connectivity index (χ1v) is 2.58. The van der Waals surface area contributed by atoms with Gasteiger partial charge in [0.2, 0.25) is 0 Å². The van der Waals surface area contributed by atoms with Gasteiger partial charge in [0.1, 0.15) is 6.61 Å². The Morgan fingerprint density at radius 1 is 1.62 bits per heavy atom. The van der Waals surface area contributed by atoms with E-state index < -0.39 is 0 Å². The average molecular weight is 136 g/mol. The lowest BCUT2D eigenvalue weighted by Crippen LogP contribution is -2.07. The highest BCUT2D eigenvalue weighted by Crippen LogP contribution is 1.74. The zero-order chi connectivity index (χ0) is 6.41. The zero-order valence-corrected chi connectivity index (χ0v) is 5.15. The molecule has 48 valence electrons. The molecule has 0 spiro atoms. The standard InChI is InChI=1S/C4H8O3S/c5-1-2-7-3-4(6)8/h5H,1-3H2,(H,6,8). The van der Waals surface area contributed by atoms with Crippen LogP contribution in [0.4, 0.5) is 0 Å². The van der Waals surface area contributed by atoms with Crippen LogP contribution >= 0.6 is 12.2 Å². The number of hydrogen-bond donors (Lipinski definition) is 2. The Morgan fingerprint density at radius 3 is 2.62 bits per heavy atom. The highest BCUT2D eigenvalue weighted by Gasteiger charge is 1.88. The van der Waals surface area contributed by atoms with Crippen LogP contribution in [-0.2, 0) is 4.74 Å². The molecule has 0 amide bonds. The average Bonchev–Trinajstić information content (AvgIpc) is 1.66. The lowest BCUT2D eigenvalue weighted by Gasteiger charge is -1.95. The third kappa shape index (κ3) is 5.81. The van der Waals surface area contributed by atoms with Crippen molar-refractivity contribution < 1.29 is 14.9 Å². The summed E-state index contributed by atoms with van der Waals surface area (Å²) in [5.41, 5.74) is 0. The largest absolute Gasteiger partial charge is 0.500 e. The van der Waals surface area contributed by atoms with E-state index >= 15 is 0 Å². The highest BCUT2D eigenvalue weighted by molar-refractivity contribution is 7.80. The van der Waals surface area contributed by atoms with Crippen molar-refractivity contribution in [1.82, 2.24) is 0 Å². The molecule has 4 heteroatoms. The van der Waals surface area contributed by atoms with E-state index in [-0.39, 0.29) is 24.9 Å². The zero-order valence-electron chi connectivity index (χ0n) is 4.33. The summed E-state index contributed by atoms with van der Waals surface area (Å²) in [7, 11) is 0. The van der Waals surface area contributed by atoms with Crippen molar-refractivity contribution in [3.8, 4) is 0 Å². The number of aliphatic hydroxyl groups excluding tert-OH is 2. The summed E-state index contributed by atoms with van der Waals surface area (Å²) < 4.78 is 4.60. The van der Waals surface area contributed by atoms with Crippen molar-refractivity contribution in [1.29, 1.82) is 0 Å². The van der Waals surface area contributed by atoms with E-state index in [9.17, 15) is 0 Å². The molecule has 0 bridgehead atoms. The predicted octanol–water partition coefficient (Wildman–Crippen LogP) is -0.119. The van der Waals surface area contributed by atoms with Crippen molar-refractivity contribution >= 4 is 17.3 Å². The minimum Gasteiger partial charge on any atom is -0.500 e. The van der Waals surface area contributed by atoms with Gasteiger partial charge in [-0.05, 0) is 12.2 Å². The van der Waals surface area contributed by atoms with Crippen LogP contribution in [0.1, 0.15) is 0 Å². The fourth-order valence-electron chi connectivity index (χ4n) is 0.224. The molecular weight excluding hydrogens is 128 g/mol. The van der Waals surface area contributed by atoms with Crippen LogP contribution in [0.5, 0.6) is 0 Å². The summed E-state index contributed by atoms with van der Waals surface area (Å²) in [6.07, 6.45) is 0. The number of ether oxygens (including phenoxy) is 1. The fraction of sp³-hybridized carbons (Fsp3) is 0.750. The fourth-order valence-corrected chi connectivity index (χ4v) is 0.307. The molecule has 0 rings (SSSR count). The van der Waals surface area contributed by atoms with E-state index in [1.165, 1.54) is 0 Å². The van der Waals surface area contributed by atoms with Gasteiger partial charge in [0.05, 0.1) is 13.2 Å². The maximum Gasteiger partial charge on any atom is 0.183 e. The Bertz CT molecular complexity index is 73.7. The van der Waals surface area contributed by atoms with Crippen LogP contribution in [-0.4, -0.2) is 35.1 Å². The summed E-state index contributed by atoms with van der Waals surface area (Å²) in [5.74, 6) is 0. The molecule has 0 saturated carbocycles. The van der Waals surface area contributed by atoms with Gasteiger partial charge in [0, 0.05) is 0 Å². The topological polar surface area (TPSA) is 49.7 Å². The van der Waals surface area contributed by atoms with Crippen molar-refractivity contribution in [2.24, 2.45) is 0 Å². The van der Waals surface area contributed by atoms with Crippen molar-refractivity contribution in [3.05, 3.63) is 0 Å². The molecule has 0 saturated heterocycles. The molecule has 8 heavy (non-hydrogen) atoms. The van der Waals surface area contributed by atoms with Crippen molar-refractivity contribution in [2.45, 2.75) is 0 Å². The predicted molar refractivity (Wildman–Crippen MR) is 33.1 cm³/mol. The Hall–Kier alpha value is -0.190. The Kier molecular flexibility index (Phi) is 4.84. The molecule has 0 aliphatic rings. The summed E-state index contributed by atoms with van der Waals surface area (Å²) in [6, 6.07) is 0. The van der Waals surface area contributed by atoms with E-state index in [1.54, 1.807) is 0 Å². The van der Waals surface area contributed by atoms with E-state index in [1.807, 2.05) is 0 Å². The van der Waals surface area contributed by atoms with Gasteiger partial charge in [0.15, 0.2) is 5.05 Å². The number of thiocarbonyl (C=S) groups is 1.